The van der Waals surface area contributed by atoms with Gasteiger partial charge in [-0.25, -0.2) is 0 Å². The highest BCUT2D eigenvalue weighted by atomic mass is 16.5. The van der Waals surface area contributed by atoms with Crippen LogP contribution in [0.25, 0.3) is 0 Å². The van der Waals surface area contributed by atoms with E-state index >= 15 is 0 Å². The van der Waals surface area contributed by atoms with Gasteiger partial charge in [-0.3, -0.25) is 4.79 Å². The maximum Gasteiger partial charge on any atom is 0.311 e. The number of nitrogens with two attached hydrogens (primary N) is 1. The molecule has 0 spiro atoms. The second kappa shape index (κ2) is 3.38. The van der Waals surface area contributed by atoms with Crippen LogP contribution in [0.5, 0.6) is 0 Å². The molecule has 4 N–H and O–H groups in total. The van der Waals surface area contributed by atoms with Crippen molar-refractivity contribution in [2.24, 2.45) is 11.7 Å². The molecule has 4 atom stereocenters. The van der Waals surface area contributed by atoms with Gasteiger partial charge in [0.1, 0.15) is 0 Å². The summed E-state index contributed by atoms with van der Waals surface area (Å²) in [4.78, 5) is 11.0. The third kappa shape index (κ3) is 1.43. The van der Waals surface area contributed by atoms with E-state index in [0.29, 0.717) is 0 Å². The van der Waals surface area contributed by atoms with E-state index in [1.54, 1.807) is 0 Å². The summed E-state index contributed by atoms with van der Waals surface area (Å²) in [5, 5.41) is 18.5. The molecule has 70 valence electrons. The Morgan fingerprint density at radius 1 is 1.50 bits per heavy atom. The molecule has 12 heavy (non-hydrogen) atoms. The highest BCUT2D eigenvalue weighted by Gasteiger charge is 2.43. The van der Waals surface area contributed by atoms with Crippen LogP contribution in [0.15, 0.2) is 0 Å². The zero-order chi connectivity index (χ0) is 9.30. The fourth-order valence-electron chi connectivity index (χ4n) is 1.45. The van der Waals surface area contributed by atoms with Gasteiger partial charge in [-0.05, 0) is 6.42 Å². The van der Waals surface area contributed by atoms with E-state index in [2.05, 4.69) is 4.74 Å². The normalized spacial score (nSPS) is 41.3. The summed E-state index contributed by atoms with van der Waals surface area (Å²) in [7, 11) is 1.24. The first-order valence-corrected chi connectivity index (χ1v) is 3.77. The van der Waals surface area contributed by atoms with Crippen LogP contribution in [-0.2, 0) is 9.53 Å². The van der Waals surface area contributed by atoms with Crippen LogP contribution in [0.4, 0.5) is 0 Å². The predicted molar refractivity (Wildman–Crippen MR) is 40.1 cm³/mol. The molecule has 0 aliphatic heterocycles. The number of ether oxygens (including phenoxy) is 1. The molecule has 0 unspecified atom stereocenters. The summed E-state index contributed by atoms with van der Waals surface area (Å²) in [6.45, 7) is 0. The van der Waals surface area contributed by atoms with Gasteiger partial charge in [0.2, 0.25) is 0 Å². The third-order valence-electron chi connectivity index (χ3n) is 2.23. The van der Waals surface area contributed by atoms with Gasteiger partial charge in [-0.2, -0.15) is 0 Å². The van der Waals surface area contributed by atoms with Gasteiger partial charge in [-0.1, -0.05) is 0 Å². The average Bonchev–Trinajstić information content (AvgIpc) is 2.32. The third-order valence-corrected chi connectivity index (χ3v) is 2.23. The monoisotopic (exact) mass is 175 g/mol. The van der Waals surface area contributed by atoms with Gasteiger partial charge < -0.3 is 20.7 Å². The summed E-state index contributed by atoms with van der Waals surface area (Å²) >= 11 is 0. The minimum atomic E-state index is -1.09. The van der Waals surface area contributed by atoms with Crippen molar-refractivity contribution in [1.29, 1.82) is 0 Å². The van der Waals surface area contributed by atoms with Crippen LogP contribution in [0.3, 0.4) is 0 Å². The van der Waals surface area contributed by atoms with E-state index in [1.807, 2.05) is 0 Å². The summed E-state index contributed by atoms with van der Waals surface area (Å²) < 4.78 is 4.44. The number of esters is 1. The first-order chi connectivity index (χ1) is 5.57. The molecule has 0 heterocycles. The first-order valence-electron chi connectivity index (χ1n) is 3.77. The van der Waals surface area contributed by atoms with Gasteiger partial charge in [0.25, 0.3) is 0 Å². The molecule has 1 saturated carbocycles. The van der Waals surface area contributed by atoms with Gasteiger partial charge in [0.15, 0.2) is 0 Å². The fraction of sp³-hybridized carbons (Fsp3) is 0.857. The lowest BCUT2D eigenvalue weighted by Crippen LogP contribution is -2.36. The van der Waals surface area contributed by atoms with Crippen LogP contribution in [0.2, 0.25) is 0 Å². The van der Waals surface area contributed by atoms with Crippen molar-refractivity contribution in [3.63, 3.8) is 0 Å². The highest BCUT2D eigenvalue weighted by molar-refractivity contribution is 5.73. The van der Waals surface area contributed by atoms with Crippen LogP contribution in [0.1, 0.15) is 6.42 Å². The van der Waals surface area contributed by atoms with E-state index in [-0.39, 0.29) is 6.42 Å². The van der Waals surface area contributed by atoms with Crippen molar-refractivity contribution >= 4 is 5.97 Å². The molecule has 0 aromatic carbocycles. The van der Waals surface area contributed by atoms with Crippen LogP contribution < -0.4 is 5.73 Å². The van der Waals surface area contributed by atoms with E-state index in [4.69, 9.17) is 5.73 Å². The Balaban J connectivity index is 2.64. The van der Waals surface area contributed by atoms with E-state index in [1.165, 1.54) is 7.11 Å². The smallest absolute Gasteiger partial charge is 0.311 e. The number of methoxy groups -OCH3 is 1. The Kier molecular flexibility index (Phi) is 2.66. The van der Waals surface area contributed by atoms with Gasteiger partial charge in [0, 0.05) is 6.04 Å². The first kappa shape index (κ1) is 9.44. The standard InChI is InChI=1S/C7H13NO4/c1-12-7(11)3-2-4(8)6(10)5(3)9/h3-6,9-10H,2,8H2,1H3/t3-,4+,5+,6+/m0/s1. The minimum absolute atomic E-state index is 0.273. The Bertz CT molecular complexity index is 184. The number of hydrogen-bond donors (Lipinski definition) is 3. The van der Waals surface area contributed by atoms with E-state index < -0.39 is 30.1 Å². The van der Waals surface area contributed by atoms with Gasteiger partial charge >= 0.3 is 5.97 Å². The molecule has 5 nitrogen and oxygen atoms in total. The predicted octanol–water partition coefficient (Wildman–Crippen LogP) is -1.77. The molecule has 0 aromatic heterocycles. The Hall–Kier alpha value is -0.650. The minimum Gasteiger partial charge on any atom is -0.469 e. The summed E-state index contributed by atoms with van der Waals surface area (Å²) in [6.07, 6.45) is -1.84. The van der Waals surface area contributed by atoms with Crippen molar-refractivity contribution in [2.75, 3.05) is 7.11 Å². The molecular formula is C7H13NO4. The van der Waals surface area contributed by atoms with Crippen molar-refractivity contribution in [1.82, 2.24) is 0 Å². The van der Waals surface area contributed by atoms with Crippen molar-refractivity contribution in [3.8, 4) is 0 Å². The summed E-state index contributed by atoms with van der Waals surface area (Å²) in [5.74, 6) is -1.20. The number of carbonyl (C=O) groups excluding carboxylic acids is 1. The Morgan fingerprint density at radius 3 is 2.42 bits per heavy atom. The molecule has 1 rings (SSSR count). The molecule has 0 aromatic rings. The molecule has 0 radical (unpaired) electrons. The zero-order valence-electron chi connectivity index (χ0n) is 6.80. The number of rotatable bonds is 1. The maximum absolute atomic E-state index is 11.0. The van der Waals surface area contributed by atoms with Gasteiger partial charge in [-0.15, -0.1) is 0 Å². The molecule has 0 amide bonds. The second-order valence-electron chi connectivity index (χ2n) is 3.01. The summed E-state index contributed by atoms with van der Waals surface area (Å²) in [5.41, 5.74) is 5.43. The van der Waals surface area contributed by atoms with Crippen molar-refractivity contribution < 1.29 is 19.7 Å². The summed E-state index contributed by atoms with van der Waals surface area (Å²) in [6, 6.07) is -0.538. The number of hydrogen-bond acceptors (Lipinski definition) is 5. The zero-order valence-corrected chi connectivity index (χ0v) is 6.80. The Labute approximate surface area is 70.1 Å². The molecule has 1 aliphatic rings. The highest BCUT2D eigenvalue weighted by Crippen LogP contribution is 2.26. The lowest BCUT2D eigenvalue weighted by Gasteiger charge is -2.13. The Morgan fingerprint density at radius 2 is 2.08 bits per heavy atom. The van der Waals surface area contributed by atoms with E-state index in [0.717, 1.165) is 0 Å². The van der Waals surface area contributed by atoms with Gasteiger partial charge in [0.05, 0.1) is 25.2 Å². The topological polar surface area (TPSA) is 92.8 Å². The lowest BCUT2D eigenvalue weighted by molar-refractivity contribution is -0.149. The molecule has 1 aliphatic carbocycles. The largest absolute Gasteiger partial charge is 0.469 e. The quantitative estimate of drug-likeness (QED) is 0.410. The molecule has 1 fully saturated rings. The number of aliphatic hydroxyl groups is 2. The van der Waals surface area contributed by atoms with Crippen LogP contribution >= 0.6 is 0 Å². The number of carbonyl (C=O) groups is 1. The second-order valence-corrected chi connectivity index (χ2v) is 3.01. The van der Waals surface area contributed by atoms with Crippen LogP contribution in [0, 0.1) is 5.92 Å². The van der Waals surface area contributed by atoms with Crippen molar-refractivity contribution in [2.45, 2.75) is 24.7 Å². The molecular weight excluding hydrogens is 162 g/mol. The van der Waals surface area contributed by atoms with Crippen molar-refractivity contribution in [3.05, 3.63) is 0 Å². The lowest BCUT2D eigenvalue weighted by atomic mass is 10.1. The molecule has 5 heteroatoms. The SMILES string of the molecule is COC(=O)[C@H]1C[C@@H](N)[C@@H](O)[C@@H]1O. The van der Waals surface area contributed by atoms with E-state index in [9.17, 15) is 15.0 Å². The van der Waals surface area contributed by atoms with Crippen LogP contribution in [-0.4, -0.2) is 41.5 Å². The average molecular weight is 175 g/mol. The number of aliphatic hydroxyl groups excluding tert-OH is 2. The fourth-order valence-corrected chi connectivity index (χ4v) is 1.45. The maximum atomic E-state index is 11.0. The molecule has 0 bridgehead atoms. The molecule has 0 saturated heterocycles.